The molecule has 1 aromatic carbocycles. The van der Waals surface area contributed by atoms with Crippen LogP contribution in [-0.4, -0.2) is 42.6 Å². The van der Waals surface area contributed by atoms with Gasteiger partial charge in [0, 0.05) is 37.8 Å². The molecule has 0 aromatic heterocycles. The number of anilines is 1. The van der Waals surface area contributed by atoms with E-state index >= 15 is 0 Å². The third-order valence-corrected chi connectivity index (χ3v) is 4.44. The summed E-state index contributed by atoms with van der Waals surface area (Å²) in [7, 11) is 0. The van der Waals surface area contributed by atoms with Gasteiger partial charge >= 0.3 is 6.03 Å². The second-order valence-electron chi connectivity index (χ2n) is 6.64. The maximum atomic E-state index is 12.4. The molecule has 2 atom stereocenters. The van der Waals surface area contributed by atoms with Crippen molar-refractivity contribution in [1.82, 2.24) is 10.2 Å². The maximum absolute atomic E-state index is 12.4. The molecule has 1 aliphatic heterocycles. The zero-order chi connectivity index (χ0) is 18.2. The van der Waals surface area contributed by atoms with Crippen LogP contribution in [0.1, 0.15) is 39.2 Å². The summed E-state index contributed by atoms with van der Waals surface area (Å²) >= 11 is 0. The van der Waals surface area contributed by atoms with Gasteiger partial charge < -0.3 is 20.3 Å². The van der Waals surface area contributed by atoms with Crippen LogP contribution in [0, 0.1) is 5.92 Å². The molecule has 1 saturated heterocycles. The molecule has 6 nitrogen and oxygen atoms in total. The highest BCUT2D eigenvalue weighted by atomic mass is 16.5. The standard InChI is InChI=1S/C19H29N3O3/c1-4-14(2)18(23)21-17-8-5-7-16(11-17)12-20-19(24)22-9-6-10-25-15(3)13-22/h5,7-8,11,14-15H,4,6,9-10,12-13H2,1-3H3,(H,20,24)(H,21,23)/t14-,15-/m1/s1. The van der Waals surface area contributed by atoms with E-state index in [0.29, 0.717) is 26.2 Å². The van der Waals surface area contributed by atoms with E-state index in [1.54, 1.807) is 4.90 Å². The van der Waals surface area contributed by atoms with E-state index in [1.165, 1.54) is 0 Å². The third kappa shape index (κ3) is 6.05. The number of ether oxygens (including phenoxy) is 1. The minimum atomic E-state index is -0.0774. The number of rotatable bonds is 5. The fourth-order valence-corrected chi connectivity index (χ4v) is 2.68. The quantitative estimate of drug-likeness (QED) is 0.860. The van der Waals surface area contributed by atoms with E-state index < -0.39 is 0 Å². The van der Waals surface area contributed by atoms with Crippen LogP contribution < -0.4 is 10.6 Å². The van der Waals surface area contributed by atoms with E-state index in [1.807, 2.05) is 45.0 Å². The molecular formula is C19H29N3O3. The predicted molar refractivity (Wildman–Crippen MR) is 98.4 cm³/mol. The number of carbonyl (C=O) groups excluding carboxylic acids is 2. The molecule has 0 unspecified atom stereocenters. The molecule has 0 radical (unpaired) electrons. The topological polar surface area (TPSA) is 70.7 Å². The summed E-state index contributed by atoms with van der Waals surface area (Å²) in [6.45, 7) is 8.32. The van der Waals surface area contributed by atoms with Gasteiger partial charge in [-0.05, 0) is 37.5 Å². The van der Waals surface area contributed by atoms with Gasteiger partial charge in [-0.3, -0.25) is 4.79 Å². The van der Waals surface area contributed by atoms with Crippen LogP contribution in [0.2, 0.25) is 0 Å². The first kappa shape index (κ1) is 19.2. The number of nitrogens with zero attached hydrogens (tertiary/aromatic N) is 1. The van der Waals surface area contributed by atoms with Gasteiger partial charge in [0.1, 0.15) is 0 Å². The fraction of sp³-hybridized carbons (Fsp3) is 0.579. The van der Waals surface area contributed by atoms with Gasteiger partial charge in [0.2, 0.25) is 5.91 Å². The summed E-state index contributed by atoms with van der Waals surface area (Å²) in [5, 5.41) is 5.87. The molecule has 0 aliphatic carbocycles. The smallest absolute Gasteiger partial charge is 0.317 e. The molecule has 2 rings (SSSR count). The van der Waals surface area contributed by atoms with Crippen LogP contribution in [0.3, 0.4) is 0 Å². The Balaban J connectivity index is 1.89. The number of hydrogen-bond donors (Lipinski definition) is 2. The van der Waals surface area contributed by atoms with Crippen molar-refractivity contribution in [3.8, 4) is 0 Å². The average Bonchev–Trinajstić information content (AvgIpc) is 2.83. The van der Waals surface area contributed by atoms with E-state index in [9.17, 15) is 9.59 Å². The van der Waals surface area contributed by atoms with Crippen molar-refractivity contribution in [3.63, 3.8) is 0 Å². The van der Waals surface area contributed by atoms with Crippen LogP contribution >= 0.6 is 0 Å². The normalized spacial score (nSPS) is 19.0. The van der Waals surface area contributed by atoms with Crippen molar-refractivity contribution in [3.05, 3.63) is 29.8 Å². The Kier molecular flexibility index (Phi) is 7.25. The SMILES string of the molecule is CC[C@@H](C)C(=O)Nc1cccc(CNC(=O)N2CCCO[C@H](C)C2)c1. The van der Waals surface area contributed by atoms with Crippen molar-refractivity contribution >= 4 is 17.6 Å². The highest BCUT2D eigenvalue weighted by molar-refractivity contribution is 5.92. The molecular weight excluding hydrogens is 318 g/mol. The molecule has 0 bridgehead atoms. The summed E-state index contributed by atoms with van der Waals surface area (Å²) in [4.78, 5) is 26.1. The second-order valence-corrected chi connectivity index (χ2v) is 6.64. The molecule has 0 spiro atoms. The lowest BCUT2D eigenvalue weighted by atomic mass is 10.1. The molecule has 2 N–H and O–H groups in total. The summed E-state index contributed by atoms with van der Waals surface area (Å²) in [6, 6.07) is 7.50. The molecule has 138 valence electrons. The van der Waals surface area contributed by atoms with Crippen LogP contribution in [0.5, 0.6) is 0 Å². The lowest BCUT2D eigenvalue weighted by molar-refractivity contribution is -0.119. The van der Waals surface area contributed by atoms with Gasteiger partial charge in [-0.25, -0.2) is 4.79 Å². The number of urea groups is 1. The van der Waals surface area contributed by atoms with Gasteiger partial charge in [-0.15, -0.1) is 0 Å². The summed E-state index contributed by atoms with van der Waals surface area (Å²) in [5.41, 5.74) is 1.71. The molecule has 0 saturated carbocycles. The number of carbonyl (C=O) groups is 2. The number of benzene rings is 1. The van der Waals surface area contributed by atoms with Crippen LogP contribution in [-0.2, 0) is 16.1 Å². The van der Waals surface area contributed by atoms with E-state index in [2.05, 4.69) is 10.6 Å². The average molecular weight is 347 g/mol. The Hall–Kier alpha value is -2.08. The molecule has 1 aromatic rings. The number of amides is 3. The first-order valence-corrected chi connectivity index (χ1v) is 9.03. The van der Waals surface area contributed by atoms with Crippen molar-refractivity contribution in [2.45, 2.75) is 46.3 Å². The summed E-state index contributed by atoms with van der Waals surface area (Å²) in [6.07, 6.45) is 1.72. The minimum absolute atomic E-state index is 0.0160. The van der Waals surface area contributed by atoms with E-state index in [-0.39, 0.29) is 24.0 Å². The van der Waals surface area contributed by atoms with Crippen LogP contribution in [0.15, 0.2) is 24.3 Å². The van der Waals surface area contributed by atoms with Crippen molar-refractivity contribution < 1.29 is 14.3 Å². The van der Waals surface area contributed by atoms with Crippen molar-refractivity contribution in [1.29, 1.82) is 0 Å². The lowest BCUT2D eigenvalue weighted by Crippen LogP contribution is -2.42. The third-order valence-electron chi connectivity index (χ3n) is 4.44. The molecule has 1 aliphatic rings. The Morgan fingerprint density at radius 1 is 1.40 bits per heavy atom. The largest absolute Gasteiger partial charge is 0.377 e. The molecule has 3 amide bonds. The van der Waals surface area contributed by atoms with E-state index in [4.69, 9.17) is 4.74 Å². The molecule has 25 heavy (non-hydrogen) atoms. The molecule has 1 heterocycles. The Labute approximate surface area is 149 Å². The fourth-order valence-electron chi connectivity index (χ4n) is 2.68. The highest BCUT2D eigenvalue weighted by Crippen LogP contribution is 2.13. The number of nitrogens with one attached hydrogen (secondary N) is 2. The zero-order valence-electron chi connectivity index (χ0n) is 15.4. The zero-order valence-corrected chi connectivity index (χ0v) is 15.4. The van der Waals surface area contributed by atoms with Gasteiger partial charge in [-0.2, -0.15) is 0 Å². The molecule has 1 fully saturated rings. The van der Waals surface area contributed by atoms with Gasteiger partial charge in [-0.1, -0.05) is 26.0 Å². The maximum Gasteiger partial charge on any atom is 0.317 e. The van der Waals surface area contributed by atoms with Crippen molar-refractivity contribution in [2.24, 2.45) is 5.92 Å². The first-order valence-electron chi connectivity index (χ1n) is 9.03. The Morgan fingerprint density at radius 2 is 2.20 bits per heavy atom. The lowest BCUT2D eigenvalue weighted by Gasteiger charge is -2.22. The minimum Gasteiger partial charge on any atom is -0.377 e. The molecule has 6 heteroatoms. The Morgan fingerprint density at radius 3 is 2.96 bits per heavy atom. The van der Waals surface area contributed by atoms with Crippen LogP contribution in [0.25, 0.3) is 0 Å². The van der Waals surface area contributed by atoms with Gasteiger partial charge in [0.15, 0.2) is 0 Å². The monoisotopic (exact) mass is 347 g/mol. The van der Waals surface area contributed by atoms with Crippen LogP contribution in [0.4, 0.5) is 10.5 Å². The summed E-state index contributed by atoms with van der Waals surface area (Å²) in [5.74, 6) is -0.00200. The predicted octanol–water partition coefficient (Wildman–Crippen LogP) is 2.99. The number of hydrogen-bond acceptors (Lipinski definition) is 3. The second kappa shape index (κ2) is 9.42. The van der Waals surface area contributed by atoms with Gasteiger partial charge in [0.25, 0.3) is 0 Å². The van der Waals surface area contributed by atoms with E-state index in [0.717, 1.165) is 24.1 Å². The first-order chi connectivity index (χ1) is 12.0. The highest BCUT2D eigenvalue weighted by Gasteiger charge is 2.19. The summed E-state index contributed by atoms with van der Waals surface area (Å²) < 4.78 is 5.57. The van der Waals surface area contributed by atoms with Gasteiger partial charge in [0.05, 0.1) is 6.10 Å². The Bertz CT molecular complexity index is 591. The van der Waals surface area contributed by atoms with Crippen molar-refractivity contribution in [2.75, 3.05) is 25.0 Å².